The van der Waals surface area contributed by atoms with Crippen LogP contribution in [-0.2, 0) is 9.53 Å². The third-order valence-corrected chi connectivity index (χ3v) is 4.97. The highest BCUT2D eigenvalue weighted by Gasteiger charge is 2.17. The number of hydrogen-bond acceptors (Lipinski definition) is 5. The monoisotopic (exact) mass is 468 g/mol. The van der Waals surface area contributed by atoms with Gasteiger partial charge in [-0.1, -0.05) is 23.2 Å². The van der Waals surface area contributed by atoms with Crippen LogP contribution >= 0.6 is 34.8 Å². The number of aromatic nitrogens is 3. The van der Waals surface area contributed by atoms with Crippen LogP contribution in [0.1, 0.15) is 6.92 Å². The van der Waals surface area contributed by atoms with E-state index in [0.717, 1.165) is 0 Å². The van der Waals surface area contributed by atoms with Crippen molar-refractivity contribution in [2.75, 3.05) is 24.9 Å². The van der Waals surface area contributed by atoms with Crippen LogP contribution in [0.25, 0.3) is 17.1 Å². The van der Waals surface area contributed by atoms with Crippen LogP contribution in [0, 0.1) is 0 Å². The van der Waals surface area contributed by atoms with Gasteiger partial charge in [0.25, 0.3) is 0 Å². The Morgan fingerprint density at radius 3 is 2.53 bits per heavy atom. The fraction of sp³-hybridized carbons (Fsp3) is 0.250. The number of carbonyl (C=O) groups excluding carboxylic acids is 1. The van der Waals surface area contributed by atoms with E-state index >= 15 is 0 Å². The van der Waals surface area contributed by atoms with Gasteiger partial charge >= 0.3 is 6.01 Å². The first-order valence-corrected chi connectivity index (χ1v) is 10.2. The van der Waals surface area contributed by atoms with E-state index in [1.807, 2.05) is 6.92 Å². The molecule has 1 aromatic heterocycles. The van der Waals surface area contributed by atoms with E-state index in [4.69, 9.17) is 44.3 Å². The van der Waals surface area contributed by atoms with Crippen molar-refractivity contribution in [3.8, 4) is 23.1 Å². The first-order chi connectivity index (χ1) is 14.4. The summed E-state index contributed by atoms with van der Waals surface area (Å²) in [6.07, 6.45) is -0.236. The first-order valence-electron chi connectivity index (χ1n) is 8.95. The number of ether oxygens (including phenoxy) is 2. The molecule has 3 rings (SSSR count). The van der Waals surface area contributed by atoms with E-state index in [1.165, 1.54) is 0 Å². The van der Waals surface area contributed by atoms with Crippen molar-refractivity contribution < 1.29 is 14.3 Å². The Labute approximate surface area is 188 Å². The second-order valence-electron chi connectivity index (χ2n) is 6.37. The molecule has 3 aromatic rings. The molecule has 0 radical (unpaired) electrons. The largest absolute Gasteiger partial charge is 0.457 e. The minimum absolute atomic E-state index is 0.118. The number of anilines is 1. The van der Waals surface area contributed by atoms with Crippen molar-refractivity contribution in [3.05, 3.63) is 52.5 Å². The van der Waals surface area contributed by atoms with Crippen molar-refractivity contribution in [1.29, 1.82) is 0 Å². The third-order valence-electron chi connectivity index (χ3n) is 3.99. The highest BCUT2D eigenvalue weighted by atomic mass is 35.5. The third kappa shape index (κ3) is 5.43. The minimum Gasteiger partial charge on any atom is -0.457 e. The predicted molar refractivity (Wildman–Crippen MR) is 118 cm³/mol. The lowest BCUT2D eigenvalue weighted by molar-refractivity contribution is -0.113. The van der Waals surface area contributed by atoms with Crippen LogP contribution in [0.3, 0.4) is 0 Å². The summed E-state index contributed by atoms with van der Waals surface area (Å²) in [6.45, 7) is 2.25. The Morgan fingerprint density at radius 2 is 1.90 bits per heavy atom. The van der Waals surface area contributed by atoms with Crippen LogP contribution in [0.15, 0.2) is 42.5 Å². The molecule has 0 fully saturated rings. The van der Waals surface area contributed by atoms with E-state index in [2.05, 4.69) is 15.4 Å². The standard InChI is InChI=1S/C20H19Cl3N4O3/c1-12(11-29-2)30-20-25-19(13-3-8-16(22)17(23)9-13)27(26-20)15-6-4-14(5-7-15)24-18(28)10-21/h3-9,12H,10-11H2,1-2H3,(H,24,28). The highest BCUT2D eigenvalue weighted by Crippen LogP contribution is 2.30. The lowest BCUT2D eigenvalue weighted by Gasteiger charge is -2.09. The first kappa shape index (κ1) is 22.4. The Morgan fingerprint density at radius 1 is 1.17 bits per heavy atom. The van der Waals surface area contributed by atoms with Crippen molar-refractivity contribution in [3.63, 3.8) is 0 Å². The predicted octanol–water partition coefficient (Wildman–Crippen LogP) is 4.83. The maximum atomic E-state index is 11.5. The maximum Gasteiger partial charge on any atom is 0.336 e. The zero-order valence-electron chi connectivity index (χ0n) is 16.2. The van der Waals surface area contributed by atoms with Gasteiger partial charge in [-0.2, -0.15) is 4.98 Å². The molecule has 0 bridgehead atoms. The Bertz CT molecular complexity index is 1020. The molecule has 0 aliphatic heterocycles. The van der Waals surface area contributed by atoms with Crippen LogP contribution in [0.2, 0.25) is 10.0 Å². The Balaban J connectivity index is 1.99. The van der Waals surface area contributed by atoms with Crippen molar-refractivity contribution >= 4 is 46.4 Å². The molecule has 0 aliphatic rings. The number of hydrogen-bond donors (Lipinski definition) is 1. The zero-order chi connectivity index (χ0) is 21.7. The number of methoxy groups -OCH3 is 1. The summed E-state index contributed by atoms with van der Waals surface area (Å²) in [5.41, 5.74) is 2.04. The number of carbonyl (C=O) groups is 1. The van der Waals surface area contributed by atoms with Crippen LogP contribution < -0.4 is 10.1 Å². The van der Waals surface area contributed by atoms with Crippen LogP contribution in [0.4, 0.5) is 5.69 Å². The lowest BCUT2D eigenvalue weighted by Crippen LogP contribution is -2.18. The summed E-state index contributed by atoms with van der Waals surface area (Å²) in [5, 5.41) is 8.01. The summed E-state index contributed by atoms with van der Waals surface area (Å²) in [5.74, 6) is 0.113. The van der Waals surface area contributed by atoms with Gasteiger partial charge in [-0.25, -0.2) is 4.68 Å². The average Bonchev–Trinajstić information content (AvgIpc) is 3.14. The van der Waals surface area contributed by atoms with Crippen LogP contribution in [0.5, 0.6) is 6.01 Å². The van der Waals surface area contributed by atoms with Crippen molar-refractivity contribution in [1.82, 2.24) is 14.8 Å². The normalized spacial score (nSPS) is 11.9. The van der Waals surface area contributed by atoms with E-state index in [-0.39, 0.29) is 23.9 Å². The fourth-order valence-electron chi connectivity index (χ4n) is 2.67. The molecule has 1 unspecified atom stereocenters. The van der Waals surface area contributed by atoms with Gasteiger partial charge < -0.3 is 14.8 Å². The smallest absolute Gasteiger partial charge is 0.336 e. The molecular formula is C20H19Cl3N4O3. The van der Waals surface area contributed by atoms with Gasteiger partial charge in [0.05, 0.1) is 22.3 Å². The Kier molecular flexibility index (Phi) is 7.55. The molecule has 10 heteroatoms. The molecular weight excluding hydrogens is 451 g/mol. The molecule has 1 amide bonds. The molecule has 0 aliphatic carbocycles. The summed E-state index contributed by atoms with van der Waals surface area (Å²) in [6, 6.07) is 12.5. The maximum absolute atomic E-state index is 11.5. The van der Waals surface area contributed by atoms with Gasteiger partial charge in [0.1, 0.15) is 12.0 Å². The second-order valence-corrected chi connectivity index (χ2v) is 7.45. The second kappa shape index (κ2) is 10.1. The molecule has 1 N–H and O–H groups in total. The number of benzene rings is 2. The highest BCUT2D eigenvalue weighted by molar-refractivity contribution is 6.42. The lowest BCUT2D eigenvalue weighted by atomic mass is 10.2. The van der Waals surface area contributed by atoms with Gasteiger partial charge in [-0.05, 0) is 49.4 Å². The number of amides is 1. The molecule has 1 atom stereocenters. The summed E-state index contributed by atoms with van der Waals surface area (Å²) in [4.78, 5) is 16.0. The minimum atomic E-state index is -0.288. The topological polar surface area (TPSA) is 78.3 Å². The number of halogens is 3. The quantitative estimate of drug-likeness (QED) is 0.478. The summed E-state index contributed by atoms with van der Waals surface area (Å²) in [7, 11) is 1.59. The number of nitrogens with one attached hydrogen (secondary N) is 1. The van der Waals surface area contributed by atoms with E-state index in [1.54, 1.807) is 54.3 Å². The average molecular weight is 470 g/mol. The summed E-state index contributed by atoms with van der Waals surface area (Å²) < 4.78 is 12.5. The zero-order valence-corrected chi connectivity index (χ0v) is 18.5. The molecule has 7 nitrogen and oxygen atoms in total. The van der Waals surface area contributed by atoms with Gasteiger partial charge in [-0.3, -0.25) is 4.79 Å². The van der Waals surface area contributed by atoms with Gasteiger partial charge in [-0.15, -0.1) is 16.7 Å². The molecule has 0 spiro atoms. The Hall–Kier alpha value is -2.32. The SMILES string of the molecule is COCC(C)Oc1nc(-c2ccc(Cl)c(Cl)c2)n(-c2ccc(NC(=O)CCl)cc2)n1. The molecule has 30 heavy (non-hydrogen) atoms. The van der Waals surface area contributed by atoms with E-state index in [9.17, 15) is 4.79 Å². The summed E-state index contributed by atoms with van der Waals surface area (Å²) >= 11 is 17.8. The molecule has 158 valence electrons. The fourth-order valence-corrected chi connectivity index (χ4v) is 3.04. The van der Waals surface area contributed by atoms with Gasteiger partial charge in [0.15, 0.2) is 5.82 Å². The van der Waals surface area contributed by atoms with Gasteiger partial charge in [0, 0.05) is 18.4 Å². The number of nitrogens with zero attached hydrogens (tertiary/aromatic N) is 3. The van der Waals surface area contributed by atoms with E-state index in [0.29, 0.717) is 39.4 Å². The number of alkyl halides is 1. The molecule has 0 saturated carbocycles. The van der Waals surface area contributed by atoms with Crippen molar-refractivity contribution in [2.45, 2.75) is 13.0 Å². The van der Waals surface area contributed by atoms with Crippen LogP contribution in [-0.4, -0.2) is 46.4 Å². The van der Waals surface area contributed by atoms with Crippen molar-refractivity contribution in [2.24, 2.45) is 0 Å². The molecule has 2 aromatic carbocycles. The number of rotatable bonds is 8. The molecule has 0 saturated heterocycles. The van der Waals surface area contributed by atoms with Gasteiger partial charge in [0.2, 0.25) is 5.91 Å². The van der Waals surface area contributed by atoms with E-state index < -0.39 is 0 Å². The molecule has 1 heterocycles.